The Hall–Kier alpha value is -1.55. The SMILES string of the molecule is COc1ccc2n[nH]c(C3(N)CCCCC3)c2c1. The zero-order valence-corrected chi connectivity index (χ0v) is 10.7. The predicted octanol–water partition coefficient (Wildman–Crippen LogP) is 2.69. The van der Waals surface area contributed by atoms with Crippen LogP contribution in [0.4, 0.5) is 0 Å². The highest BCUT2D eigenvalue weighted by atomic mass is 16.5. The number of nitrogens with zero attached hydrogens (tertiary/aromatic N) is 1. The van der Waals surface area contributed by atoms with Crippen molar-refractivity contribution in [2.45, 2.75) is 37.6 Å². The predicted molar refractivity (Wildman–Crippen MR) is 71.6 cm³/mol. The third-order valence-corrected chi connectivity index (χ3v) is 4.00. The lowest BCUT2D eigenvalue weighted by Crippen LogP contribution is -2.39. The van der Waals surface area contributed by atoms with Gasteiger partial charge in [0.2, 0.25) is 0 Å². The van der Waals surface area contributed by atoms with Crippen molar-refractivity contribution >= 4 is 10.9 Å². The highest BCUT2D eigenvalue weighted by molar-refractivity contribution is 5.83. The Morgan fingerprint density at radius 3 is 2.78 bits per heavy atom. The van der Waals surface area contributed by atoms with Crippen LogP contribution in [0.5, 0.6) is 5.75 Å². The number of methoxy groups -OCH3 is 1. The number of nitrogens with two attached hydrogens (primary N) is 1. The number of rotatable bonds is 2. The van der Waals surface area contributed by atoms with Crippen molar-refractivity contribution in [2.24, 2.45) is 5.73 Å². The molecule has 1 fully saturated rings. The first-order chi connectivity index (χ1) is 8.73. The second kappa shape index (κ2) is 4.28. The van der Waals surface area contributed by atoms with Crippen LogP contribution in [0.15, 0.2) is 18.2 Å². The summed E-state index contributed by atoms with van der Waals surface area (Å²) < 4.78 is 5.28. The lowest BCUT2D eigenvalue weighted by atomic mass is 9.79. The van der Waals surface area contributed by atoms with Gasteiger partial charge in [0.15, 0.2) is 0 Å². The number of fused-ring (bicyclic) bond motifs is 1. The summed E-state index contributed by atoms with van der Waals surface area (Å²) in [6, 6.07) is 5.93. The first-order valence-corrected chi connectivity index (χ1v) is 6.54. The quantitative estimate of drug-likeness (QED) is 0.855. The molecule has 4 heteroatoms. The van der Waals surface area contributed by atoms with Crippen molar-refractivity contribution < 1.29 is 4.74 Å². The molecule has 1 aromatic carbocycles. The van der Waals surface area contributed by atoms with E-state index in [1.54, 1.807) is 7.11 Å². The van der Waals surface area contributed by atoms with Crippen LogP contribution < -0.4 is 10.5 Å². The molecule has 2 aromatic rings. The zero-order chi connectivity index (χ0) is 12.6. The molecule has 3 N–H and O–H groups in total. The first kappa shape index (κ1) is 11.5. The van der Waals surface area contributed by atoms with Gasteiger partial charge >= 0.3 is 0 Å². The van der Waals surface area contributed by atoms with Crippen LogP contribution in [-0.2, 0) is 5.54 Å². The summed E-state index contributed by atoms with van der Waals surface area (Å²) in [6.45, 7) is 0. The van der Waals surface area contributed by atoms with Crippen LogP contribution in [-0.4, -0.2) is 17.3 Å². The summed E-state index contributed by atoms with van der Waals surface area (Å²) in [6.07, 6.45) is 5.74. The molecule has 0 saturated heterocycles. The second-order valence-electron chi connectivity index (χ2n) is 5.20. The van der Waals surface area contributed by atoms with E-state index in [0.717, 1.165) is 35.2 Å². The largest absolute Gasteiger partial charge is 0.497 e. The van der Waals surface area contributed by atoms with Gasteiger partial charge in [0, 0.05) is 5.39 Å². The van der Waals surface area contributed by atoms with Crippen LogP contribution in [0.25, 0.3) is 10.9 Å². The van der Waals surface area contributed by atoms with Gasteiger partial charge < -0.3 is 10.5 Å². The van der Waals surface area contributed by atoms with E-state index >= 15 is 0 Å². The van der Waals surface area contributed by atoms with Gasteiger partial charge in [-0.15, -0.1) is 0 Å². The summed E-state index contributed by atoms with van der Waals surface area (Å²) in [5.74, 6) is 0.851. The van der Waals surface area contributed by atoms with E-state index in [0.29, 0.717) is 0 Å². The van der Waals surface area contributed by atoms with Gasteiger partial charge in [-0.1, -0.05) is 19.3 Å². The Morgan fingerprint density at radius 2 is 2.06 bits per heavy atom. The maximum absolute atomic E-state index is 6.57. The van der Waals surface area contributed by atoms with E-state index in [2.05, 4.69) is 10.2 Å². The number of aromatic nitrogens is 2. The molecular weight excluding hydrogens is 226 g/mol. The summed E-state index contributed by atoms with van der Waals surface area (Å²) in [5, 5.41) is 8.59. The minimum Gasteiger partial charge on any atom is -0.497 e. The fourth-order valence-corrected chi connectivity index (χ4v) is 2.93. The lowest BCUT2D eigenvalue weighted by molar-refractivity contribution is 0.297. The van der Waals surface area contributed by atoms with Crippen LogP contribution in [0, 0.1) is 0 Å². The van der Waals surface area contributed by atoms with Gasteiger partial charge in [0.1, 0.15) is 5.75 Å². The first-order valence-electron chi connectivity index (χ1n) is 6.54. The van der Waals surface area contributed by atoms with Crippen molar-refractivity contribution in [1.82, 2.24) is 10.2 Å². The molecule has 4 nitrogen and oxygen atoms in total. The molecule has 1 aromatic heterocycles. The third-order valence-electron chi connectivity index (χ3n) is 4.00. The van der Waals surface area contributed by atoms with E-state index in [-0.39, 0.29) is 5.54 Å². The highest BCUT2D eigenvalue weighted by Crippen LogP contribution is 2.37. The average molecular weight is 245 g/mol. The van der Waals surface area contributed by atoms with Gasteiger partial charge in [-0.2, -0.15) is 5.10 Å². The molecule has 0 bridgehead atoms. The van der Waals surface area contributed by atoms with Crippen LogP contribution >= 0.6 is 0 Å². The van der Waals surface area contributed by atoms with E-state index in [4.69, 9.17) is 10.5 Å². The monoisotopic (exact) mass is 245 g/mol. The Balaban J connectivity index is 2.10. The van der Waals surface area contributed by atoms with Gasteiger partial charge in [0.05, 0.1) is 23.9 Å². The molecule has 18 heavy (non-hydrogen) atoms. The zero-order valence-electron chi connectivity index (χ0n) is 10.7. The number of hydrogen-bond acceptors (Lipinski definition) is 3. The van der Waals surface area contributed by atoms with Crippen molar-refractivity contribution in [3.8, 4) is 5.75 Å². The van der Waals surface area contributed by atoms with Gasteiger partial charge in [-0.25, -0.2) is 0 Å². The van der Waals surface area contributed by atoms with Crippen LogP contribution in [0.3, 0.4) is 0 Å². The standard InChI is InChI=1S/C14H19N3O/c1-18-10-5-6-12-11(9-10)13(17-16-12)14(15)7-3-2-4-8-14/h5-6,9H,2-4,7-8,15H2,1H3,(H,16,17). The van der Waals surface area contributed by atoms with Crippen LogP contribution in [0.2, 0.25) is 0 Å². The molecule has 3 rings (SSSR count). The number of ether oxygens (including phenoxy) is 1. The second-order valence-corrected chi connectivity index (χ2v) is 5.20. The molecule has 0 atom stereocenters. The van der Waals surface area contributed by atoms with Crippen LogP contribution in [0.1, 0.15) is 37.8 Å². The molecule has 0 radical (unpaired) electrons. The molecule has 1 aliphatic carbocycles. The third kappa shape index (κ3) is 1.77. The van der Waals surface area contributed by atoms with E-state index in [1.807, 2.05) is 18.2 Å². The molecule has 0 aliphatic heterocycles. The highest BCUT2D eigenvalue weighted by Gasteiger charge is 2.32. The number of benzene rings is 1. The maximum Gasteiger partial charge on any atom is 0.119 e. The Morgan fingerprint density at radius 1 is 1.28 bits per heavy atom. The average Bonchev–Trinajstić information content (AvgIpc) is 2.83. The smallest absolute Gasteiger partial charge is 0.119 e. The molecule has 0 spiro atoms. The Kier molecular flexibility index (Phi) is 2.74. The van der Waals surface area contributed by atoms with Crippen molar-refractivity contribution in [3.05, 3.63) is 23.9 Å². The van der Waals surface area contributed by atoms with E-state index in [1.165, 1.54) is 19.3 Å². The Labute approximate surface area is 107 Å². The molecular formula is C14H19N3O. The molecule has 1 heterocycles. The van der Waals surface area contributed by atoms with Crippen molar-refractivity contribution in [3.63, 3.8) is 0 Å². The molecule has 0 amide bonds. The van der Waals surface area contributed by atoms with Gasteiger partial charge in [-0.3, -0.25) is 5.10 Å². The number of nitrogens with one attached hydrogen (secondary N) is 1. The lowest BCUT2D eigenvalue weighted by Gasteiger charge is -2.32. The maximum atomic E-state index is 6.57. The van der Waals surface area contributed by atoms with Gasteiger partial charge in [-0.05, 0) is 31.0 Å². The van der Waals surface area contributed by atoms with Crippen molar-refractivity contribution in [2.75, 3.05) is 7.11 Å². The fourth-order valence-electron chi connectivity index (χ4n) is 2.93. The number of aromatic amines is 1. The molecule has 0 unspecified atom stereocenters. The normalized spacial score (nSPS) is 19.0. The minimum absolute atomic E-state index is 0.251. The fraction of sp³-hybridized carbons (Fsp3) is 0.500. The van der Waals surface area contributed by atoms with E-state index in [9.17, 15) is 0 Å². The molecule has 1 aliphatic rings. The minimum atomic E-state index is -0.251. The van der Waals surface area contributed by atoms with Crippen molar-refractivity contribution in [1.29, 1.82) is 0 Å². The van der Waals surface area contributed by atoms with E-state index < -0.39 is 0 Å². The molecule has 96 valence electrons. The summed E-state index contributed by atoms with van der Waals surface area (Å²) in [5.41, 5.74) is 8.35. The van der Waals surface area contributed by atoms with Gasteiger partial charge in [0.25, 0.3) is 0 Å². The number of H-pyrrole nitrogens is 1. The summed E-state index contributed by atoms with van der Waals surface area (Å²) in [7, 11) is 1.68. The molecule has 1 saturated carbocycles. The summed E-state index contributed by atoms with van der Waals surface area (Å²) >= 11 is 0. The Bertz CT molecular complexity index is 555. The number of hydrogen-bond donors (Lipinski definition) is 2. The summed E-state index contributed by atoms with van der Waals surface area (Å²) in [4.78, 5) is 0. The topological polar surface area (TPSA) is 63.9 Å².